The number of hydrogen-bond donors (Lipinski definition) is 2. The van der Waals surface area contributed by atoms with Gasteiger partial charge in [0.25, 0.3) is 11.8 Å². The highest BCUT2D eigenvalue weighted by molar-refractivity contribution is 9.11. The molecule has 0 bridgehead atoms. The highest BCUT2D eigenvalue weighted by Gasteiger charge is 2.37. The summed E-state index contributed by atoms with van der Waals surface area (Å²) in [6.45, 7) is 0.0631. The Hall–Kier alpha value is -4.29. The molecule has 4 amide bonds. The Bertz CT molecular complexity index is 1530. The fourth-order valence-corrected chi connectivity index (χ4v) is 5.02. The number of carboxylic acid groups (broad SMARTS) is 1. The van der Waals surface area contributed by atoms with Gasteiger partial charge in [0.05, 0.1) is 28.4 Å². The predicted molar refractivity (Wildman–Crippen MR) is 146 cm³/mol. The van der Waals surface area contributed by atoms with Crippen LogP contribution >= 0.6 is 31.9 Å². The third kappa shape index (κ3) is 6.07. The summed E-state index contributed by atoms with van der Waals surface area (Å²) in [7, 11) is 1.23. The van der Waals surface area contributed by atoms with Crippen molar-refractivity contribution in [3.05, 3.63) is 97.4 Å². The number of anilines is 1. The van der Waals surface area contributed by atoms with Gasteiger partial charge in [0, 0.05) is 10.0 Å². The number of aromatic carboxylic acids is 1. The standard InChI is InChI=1S/C27H18Br2N2O8/c1-38-26(36)16-6-8-19(9-7-16)31-24(33)20(23(32)30-27(31)37)11-17-10-18(28)12-21(29)22(17)39-13-14-2-4-15(5-3-14)25(34)35/h2-12H,13H2,1H3,(H,34,35)(H,30,32,37)/b20-11+. The maximum absolute atomic E-state index is 13.3. The minimum atomic E-state index is -1.05. The summed E-state index contributed by atoms with van der Waals surface area (Å²) in [5.41, 5.74) is 1.21. The molecule has 1 fully saturated rings. The van der Waals surface area contributed by atoms with E-state index in [0.717, 1.165) is 4.90 Å². The monoisotopic (exact) mass is 656 g/mol. The Kier molecular flexibility index (Phi) is 8.27. The topological polar surface area (TPSA) is 139 Å². The molecule has 0 atom stereocenters. The number of carbonyl (C=O) groups excluding carboxylic acids is 4. The Morgan fingerprint density at radius 2 is 1.62 bits per heavy atom. The molecule has 4 rings (SSSR count). The fourth-order valence-electron chi connectivity index (χ4n) is 3.65. The van der Waals surface area contributed by atoms with E-state index in [1.54, 1.807) is 24.3 Å². The maximum atomic E-state index is 13.3. The first-order valence-electron chi connectivity index (χ1n) is 11.1. The number of esters is 1. The molecule has 198 valence electrons. The van der Waals surface area contributed by atoms with E-state index in [9.17, 15) is 24.0 Å². The zero-order valence-electron chi connectivity index (χ0n) is 20.1. The van der Waals surface area contributed by atoms with E-state index in [-0.39, 0.29) is 29.0 Å². The molecule has 2 N–H and O–H groups in total. The highest BCUT2D eigenvalue weighted by atomic mass is 79.9. The van der Waals surface area contributed by atoms with Crippen LogP contribution in [0.3, 0.4) is 0 Å². The Morgan fingerprint density at radius 3 is 2.23 bits per heavy atom. The second kappa shape index (κ2) is 11.6. The minimum absolute atomic E-state index is 0.0631. The largest absolute Gasteiger partial charge is 0.487 e. The van der Waals surface area contributed by atoms with Crippen LogP contribution in [0.1, 0.15) is 31.8 Å². The van der Waals surface area contributed by atoms with Gasteiger partial charge in [0.1, 0.15) is 17.9 Å². The van der Waals surface area contributed by atoms with Gasteiger partial charge in [-0.15, -0.1) is 0 Å². The Balaban J connectivity index is 1.66. The normalized spacial score (nSPS) is 14.3. The lowest BCUT2D eigenvalue weighted by molar-refractivity contribution is -0.122. The first-order valence-corrected chi connectivity index (χ1v) is 12.7. The van der Waals surface area contributed by atoms with Gasteiger partial charge in [-0.3, -0.25) is 14.9 Å². The summed E-state index contributed by atoms with van der Waals surface area (Å²) in [4.78, 5) is 62.2. The number of halogens is 2. The van der Waals surface area contributed by atoms with Gasteiger partial charge in [0.15, 0.2) is 0 Å². The molecule has 3 aromatic carbocycles. The third-order valence-electron chi connectivity index (χ3n) is 5.57. The zero-order valence-corrected chi connectivity index (χ0v) is 23.2. The number of nitrogens with one attached hydrogen (secondary N) is 1. The number of carbonyl (C=O) groups is 5. The molecule has 0 unspecified atom stereocenters. The second-order valence-corrected chi connectivity index (χ2v) is 9.86. The van der Waals surface area contributed by atoms with E-state index in [2.05, 4.69) is 41.9 Å². The summed E-state index contributed by atoms with van der Waals surface area (Å²) < 4.78 is 11.8. The summed E-state index contributed by atoms with van der Waals surface area (Å²) in [5, 5.41) is 11.2. The van der Waals surface area contributed by atoms with Crippen LogP contribution in [0.15, 0.2) is 75.2 Å². The molecule has 1 heterocycles. The number of barbiturate groups is 1. The van der Waals surface area contributed by atoms with Crippen molar-refractivity contribution in [1.29, 1.82) is 0 Å². The van der Waals surface area contributed by atoms with Crippen LogP contribution in [0.2, 0.25) is 0 Å². The molecule has 0 radical (unpaired) electrons. The second-order valence-electron chi connectivity index (χ2n) is 8.09. The number of carboxylic acids is 1. The number of hydrogen-bond acceptors (Lipinski definition) is 7. The van der Waals surface area contributed by atoms with Gasteiger partial charge in [0.2, 0.25) is 0 Å². The molecule has 3 aromatic rings. The molecule has 0 aliphatic carbocycles. The van der Waals surface area contributed by atoms with Gasteiger partial charge < -0.3 is 14.6 Å². The SMILES string of the molecule is COC(=O)c1ccc(N2C(=O)NC(=O)/C(=C\c3cc(Br)cc(Br)c3OCc3ccc(C(=O)O)cc3)C2=O)cc1. The van der Waals surface area contributed by atoms with Crippen molar-refractivity contribution < 1.29 is 38.6 Å². The fraction of sp³-hybridized carbons (Fsp3) is 0.0741. The van der Waals surface area contributed by atoms with Gasteiger partial charge in [-0.25, -0.2) is 19.3 Å². The quantitative estimate of drug-likeness (QED) is 0.207. The molecule has 1 aliphatic heterocycles. The average molecular weight is 658 g/mol. The van der Waals surface area contributed by atoms with E-state index >= 15 is 0 Å². The first kappa shape index (κ1) is 27.7. The minimum Gasteiger partial charge on any atom is -0.487 e. The van der Waals surface area contributed by atoms with Crippen LogP contribution in [0, 0.1) is 0 Å². The Morgan fingerprint density at radius 1 is 0.974 bits per heavy atom. The smallest absolute Gasteiger partial charge is 0.337 e. The highest BCUT2D eigenvalue weighted by Crippen LogP contribution is 2.35. The number of rotatable bonds is 7. The molecule has 0 spiro atoms. The lowest BCUT2D eigenvalue weighted by Crippen LogP contribution is -2.54. The number of nitrogens with zero attached hydrogens (tertiary/aromatic N) is 1. The lowest BCUT2D eigenvalue weighted by atomic mass is 10.1. The van der Waals surface area contributed by atoms with Gasteiger partial charge in [-0.2, -0.15) is 0 Å². The first-order chi connectivity index (χ1) is 18.6. The summed E-state index contributed by atoms with van der Waals surface area (Å²) >= 11 is 6.81. The van der Waals surface area contributed by atoms with Crippen LogP contribution < -0.4 is 15.0 Å². The number of amides is 4. The van der Waals surface area contributed by atoms with E-state index in [1.165, 1.54) is 49.6 Å². The number of methoxy groups -OCH3 is 1. The zero-order chi connectivity index (χ0) is 28.3. The molecular weight excluding hydrogens is 640 g/mol. The van der Waals surface area contributed by atoms with E-state index < -0.39 is 29.8 Å². The van der Waals surface area contributed by atoms with Crippen molar-refractivity contribution >= 4 is 73.4 Å². The predicted octanol–water partition coefficient (Wildman–Crippen LogP) is 4.94. The summed E-state index contributed by atoms with van der Waals surface area (Å²) in [6.07, 6.45) is 1.30. The number of imide groups is 2. The number of ether oxygens (including phenoxy) is 2. The van der Waals surface area contributed by atoms with E-state index in [1.807, 2.05) is 0 Å². The van der Waals surface area contributed by atoms with Crippen LogP contribution in [-0.4, -0.2) is 42.0 Å². The summed E-state index contributed by atoms with van der Waals surface area (Å²) in [5.74, 6) is -3.09. The number of benzene rings is 3. The average Bonchev–Trinajstić information content (AvgIpc) is 2.90. The maximum Gasteiger partial charge on any atom is 0.337 e. The molecule has 10 nitrogen and oxygen atoms in total. The third-order valence-corrected chi connectivity index (χ3v) is 6.62. The van der Waals surface area contributed by atoms with Crippen molar-refractivity contribution in [1.82, 2.24) is 5.32 Å². The van der Waals surface area contributed by atoms with Gasteiger partial charge in [-0.1, -0.05) is 28.1 Å². The molecule has 0 saturated carbocycles. The van der Waals surface area contributed by atoms with Gasteiger partial charge in [-0.05, 0) is 76.1 Å². The summed E-state index contributed by atoms with van der Waals surface area (Å²) in [6, 6.07) is 14.1. The van der Waals surface area contributed by atoms with Crippen molar-refractivity contribution in [3.63, 3.8) is 0 Å². The van der Waals surface area contributed by atoms with Crippen LogP contribution in [-0.2, 0) is 20.9 Å². The van der Waals surface area contributed by atoms with Crippen molar-refractivity contribution in [3.8, 4) is 5.75 Å². The van der Waals surface area contributed by atoms with Crippen LogP contribution in [0.5, 0.6) is 5.75 Å². The van der Waals surface area contributed by atoms with Crippen molar-refractivity contribution in [2.24, 2.45) is 0 Å². The molecule has 1 aliphatic rings. The molecule has 0 aromatic heterocycles. The molecular formula is C27H18Br2N2O8. The van der Waals surface area contributed by atoms with E-state index in [0.29, 0.717) is 25.8 Å². The van der Waals surface area contributed by atoms with Crippen molar-refractivity contribution in [2.45, 2.75) is 6.61 Å². The molecule has 1 saturated heterocycles. The van der Waals surface area contributed by atoms with E-state index in [4.69, 9.17) is 9.84 Å². The molecule has 12 heteroatoms. The molecule has 39 heavy (non-hydrogen) atoms. The van der Waals surface area contributed by atoms with Crippen LogP contribution in [0.25, 0.3) is 6.08 Å². The van der Waals surface area contributed by atoms with Gasteiger partial charge >= 0.3 is 18.0 Å². The Labute approximate surface area is 238 Å². The lowest BCUT2D eigenvalue weighted by Gasteiger charge is -2.26. The van der Waals surface area contributed by atoms with Crippen LogP contribution in [0.4, 0.5) is 10.5 Å². The van der Waals surface area contributed by atoms with Crippen molar-refractivity contribution in [2.75, 3.05) is 12.0 Å². The number of urea groups is 1.